The molecule has 4 nitrogen and oxygen atoms in total. The van der Waals surface area contributed by atoms with Gasteiger partial charge < -0.3 is 15.3 Å². The van der Waals surface area contributed by atoms with Crippen molar-refractivity contribution in [2.45, 2.75) is 25.9 Å². The van der Waals surface area contributed by atoms with Gasteiger partial charge in [0.1, 0.15) is 0 Å². The lowest BCUT2D eigenvalue weighted by atomic mass is 9.88. The predicted octanol–water partition coefficient (Wildman–Crippen LogP) is -0.160. The molecule has 0 fully saturated rings. The summed E-state index contributed by atoms with van der Waals surface area (Å²) in [5, 5.41) is 26.4. The van der Waals surface area contributed by atoms with Gasteiger partial charge in [0.2, 0.25) is 0 Å². The van der Waals surface area contributed by atoms with Crippen molar-refractivity contribution < 1.29 is 20.1 Å². The third-order valence-corrected chi connectivity index (χ3v) is 1.84. The van der Waals surface area contributed by atoms with E-state index in [2.05, 4.69) is 0 Å². The van der Waals surface area contributed by atoms with Crippen LogP contribution in [0.1, 0.15) is 20.3 Å². The van der Waals surface area contributed by atoms with Gasteiger partial charge in [-0.2, -0.15) is 0 Å². The Morgan fingerprint density at radius 2 is 2.09 bits per heavy atom. The lowest BCUT2D eigenvalue weighted by Gasteiger charge is -2.26. The van der Waals surface area contributed by atoms with Crippen LogP contribution in [-0.2, 0) is 4.79 Å². The largest absolute Gasteiger partial charge is 0.481 e. The summed E-state index contributed by atoms with van der Waals surface area (Å²) in [4.78, 5) is 10.2. The molecular formula is C7H14O4. The van der Waals surface area contributed by atoms with E-state index in [1.54, 1.807) is 6.92 Å². The van der Waals surface area contributed by atoms with Crippen LogP contribution in [0.25, 0.3) is 0 Å². The molecule has 0 aliphatic heterocycles. The van der Waals surface area contributed by atoms with Gasteiger partial charge in [0.25, 0.3) is 0 Å². The third kappa shape index (κ3) is 3.34. The minimum atomic E-state index is -1.32. The highest BCUT2D eigenvalue weighted by molar-refractivity contribution is 5.68. The maximum absolute atomic E-state index is 10.2. The van der Waals surface area contributed by atoms with Crippen LogP contribution in [0.2, 0.25) is 0 Å². The second kappa shape index (κ2) is 3.69. The van der Waals surface area contributed by atoms with Gasteiger partial charge in [0.15, 0.2) is 0 Å². The molecular weight excluding hydrogens is 148 g/mol. The molecule has 0 rings (SSSR count). The zero-order valence-electron chi connectivity index (χ0n) is 6.74. The number of aliphatic hydroxyl groups is 2. The molecule has 0 aliphatic rings. The van der Waals surface area contributed by atoms with Crippen molar-refractivity contribution in [3.05, 3.63) is 0 Å². The lowest BCUT2D eigenvalue weighted by molar-refractivity contribution is -0.144. The summed E-state index contributed by atoms with van der Waals surface area (Å²) in [6, 6.07) is 0. The summed E-state index contributed by atoms with van der Waals surface area (Å²) in [5.41, 5.74) is -1.32. The molecule has 0 bridgehead atoms. The quantitative estimate of drug-likeness (QED) is 0.536. The Morgan fingerprint density at radius 3 is 2.36 bits per heavy atom. The summed E-state index contributed by atoms with van der Waals surface area (Å²) >= 11 is 0. The van der Waals surface area contributed by atoms with E-state index in [4.69, 9.17) is 10.2 Å². The standard InChI is InChI=1S/C7H14O4/c1-5(4-8)7(2,11)3-6(9)10/h5,8,11H,3-4H2,1-2H3,(H,9,10)/t5?,7-/m0/s1. The van der Waals surface area contributed by atoms with Crippen LogP contribution in [0.5, 0.6) is 0 Å². The van der Waals surface area contributed by atoms with Crippen molar-refractivity contribution in [3.8, 4) is 0 Å². The van der Waals surface area contributed by atoms with E-state index in [1.807, 2.05) is 0 Å². The van der Waals surface area contributed by atoms with Crippen LogP contribution < -0.4 is 0 Å². The van der Waals surface area contributed by atoms with E-state index in [1.165, 1.54) is 6.92 Å². The average molecular weight is 162 g/mol. The van der Waals surface area contributed by atoms with Crippen molar-refractivity contribution >= 4 is 5.97 Å². The summed E-state index contributed by atoms with van der Waals surface area (Å²) in [7, 11) is 0. The van der Waals surface area contributed by atoms with Crippen LogP contribution in [0, 0.1) is 5.92 Å². The summed E-state index contributed by atoms with van der Waals surface area (Å²) < 4.78 is 0. The molecule has 0 heterocycles. The van der Waals surface area contributed by atoms with Gasteiger partial charge in [-0.05, 0) is 6.92 Å². The van der Waals surface area contributed by atoms with Gasteiger partial charge in [-0.3, -0.25) is 4.79 Å². The normalized spacial score (nSPS) is 18.9. The number of rotatable bonds is 4. The van der Waals surface area contributed by atoms with Gasteiger partial charge in [0.05, 0.1) is 12.0 Å². The first-order valence-corrected chi connectivity index (χ1v) is 3.45. The van der Waals surface area contributed by atoms with Gasteiger partial charge in [-0.15, -0.1) is 0 Å². The topological polar surface area (TPSA) is 77.8 Å². The van der Waals surface area contributed by atoms with Crippen molar-refractivity contribution in [2.24, 2.45) is 5.92 Å². The van der Waals surface area contributed by atoms with Gasteiger partial charge in [-0.1, -0.05) is 6.92 Å². The second-order valence-corrected chi connectivity index (χ2v) is 3.01. The molecule has 66 valence electrons. The van der Waals surface area contributed by atoms with E-state index >= 15 is 0 Å². The zero-order chi connectivity index (χ0) is 9.07. The fraction of sp³-hybridized carbons (Fsp3) is 0.857. The van der Waals surface area contributed by atoms with Crippen molar-refractivity contribution in [1.82, 2.24) is 0 Å². The first kappa shape index (κ1) is 10.4. The van der Waals surface area contributed by atoms with Crippen LogP contribution in [0.3, 0.4) is 0 Å². The Balaban J connectivity index is 4.08. The third-order valence-electron chi connectivity index (χ3n) is 1.84. The number of hydrogen-bond acceptors (Lipinski definition) is 3. The molecule has 0 aromatic heterocycles. The predicted molar refractivity (Wildman–Crippen MR) is 39.1 cm³/mol. The van der Waals surface area contributed by atoms with E-state index in [9.17, 15) is 9.90 Å². The van der Waals surface area contributed by atoms with Crippen molar-refractivity contribution in [3.63, 3.8) is 0 Å². The van der Waals surface area contributed by atoms with Gasteiger partial charge in [-0.25, -0.2) is 0 Å². The Hall–Kier alpha value is -0.610. The Morgan fingerprint density at radius 1 is 1.64 bits per heavy atom. The first-order chi connectivity index (χ1) is 4.90. The Labute approximate surface area is 65.5 Å². The summed E-state index contributed by atoms with van der Waals surface area (Å²) in [5.74, 6) is -1.48. The highest BCUT2D eigenvalue weighted by atomic mass is 16.4. The average Bonchev–Trinajstić information content (AvgIpc) is 1.83. The lowest BCUT2D eigenvalue weighted by Crippen LogP contribution is -2.37. The molecule has 0 saturated heterocycles. The zero-order valence-corrected chi connectivity index (χ0v) is 6.74. The first-order valence-electron chi connectivity index (χ1n) is 3.45. The van der Waals surface area contributed by atoms with Crippen LogP contribution in [0.15, 0.2) is 0 Å². The number of carboxylic acid groups (broad SMARTS) is 1. The minimum Gasteiger partial charge on any atom is -0.481 e. The molecule has 0 spiro atoms. The summed E-state index contributed by atoms with van der Waals surface area (Å²) in [6.45, 7) is 2.80. The SMILES string of the molecule is CC(CO)[C@@](C)(O)CC(=O)O. The number of aliphatic hydroxyl groups excluding tert-OH is 1. The molecule has 0 aliphatic carbocycles. The molecule has 0 radical (unpaired) electrons. The molecule has 3 N–H and O–H groups in total. The van der Waals surface area contributed by atoms with E-state index in [0.29, 0.717) is 0 Å². The second-order valence-electron chi connectivity index (χ2n) is 3.01. The van der Waals surface area contributed by atoms with Crippen LogP contribution in [-0.4, -0.2) is 33.5 Å². The molecule has 0 aromatic rings. The number of hydrogen-bond donors (Lipinski definition) is 3. The number of aliphatic carboxylic acids is 1. The van der Waals surface area contributed by atoms with Gasteiger partial charge >= 0.3 is 5.97 Å². The van der Waals surface area contributed by atoms with Crippen molar-refractivity contribution in [2.75, 3.05) is 6.61 Å². The Kier molecular flexibility index (Phi) is 3.48. The highest BCUT2D eigenvalue weighted by Gasteiger charge is 2.30. The van der Waals surface area contributed by atoms with E-state index < -0.39 is 17.5 Å². The fourth-order valence-corrected chi connectivity index (χ4v) is 0.677. The number of carboxylic acids is 1. The maximum Gasteiger partial charge on any atom is 0.306 e. The minimum absolute atomic E-state index is 0.208. The van der Waals surface area contributed by atoms with E-state index in [0.717, 1.165) is 0 Å². The van der Waals surface area contributed by atoms with Crippen LogP contribution in [0.4, 0.5) is 0 Å². The molecule has 0 saturated carbocycles. The maximum atomic E-state index is 10.2. The molecule has 0 aromatic carbocycles. The monoisotopic (exact) mass is 162 g/mol. The molecule has 11 heavy (non-hydrogen) atoms. The smallest absolute Gasteiger partial charge is 0.306 e. The van der Waals surface area contributed by atoms with Crippen LogP contribution >= 0.6 is 0 Å². The molecule has 1 unspecified atom stereocenters. The summed E-state index contributed by atoms with van der Waals surface area (Å²) in [6.07, 6.45) is -0.339. The van der Waals surface area contributed by atoms with Crippen molar-refractivity contribution in [1.29, 1.82) is 0 Å². The van der Waals surface area contributed by atoms with E-state index in [-0.39, 0.29) is 13.0 Å². The highest BCUT2D eigenvalue weighted by Crippen LogP contribution is 2.19. The fourth-order valence-electron chi connectivity index (χ4n) is 0.677. The molecule has 4 heteroatoms. The molecule has 2 atom stereocenters. The number of carbonyl (C=O) groups is 1. The van der Waals surface area contributed by atoms with Gasteiger partial charge in [0, 0.05) is 12.5 Å². The molecule has 0 amide bonds. The Bertz CT molecular complexity index is 141.